The molecule has 4 aromatic rings. The third-order valence-electron chi connectivity index (χ3n) is 4.38. The Balaban J connectivity index is 0.00000210. The second kappa shape index (κ2) is 7.22. The molecule has 132 valence electrons. The number of hydrogen-bond acceptors (Lipinski definition) is 4. The van der Waals surface area contributed by atoms with E-state index in [0.29, 0.717) is 17.3 Å². The summed E-state index contributed by atoms with van der Waals surface area (Å²) in [6, 6.07) is 15.3. The predicted molar refractivity (Wildman–Crippen MR) is 110 cm³/mol. The van der Waals surface area contributed by atoms with Crippen molar-refractivity contribution < 1.29 is 0 Å². The molecule has 4 rings (SSSR count). The number of benzene rings is 2. The van der Waals surface area contributed by atoms with E-state index in [1.54, 1.807) is 12.4 Å². The van der Waals surface area contributed by atoms with Gasteiger partial charge in [-0.05, 0) is 41.8 Å². The van der Waals surface area contributed by atoms with E-state index in [1.165, 1.54) is 0 Å². The Bertz CT molecular complexity index is 1140. The zero-order valence-corrected chi connectivity index (χ0v) is 14.1. The zero-order valence-electron chi connectivity index (χ0n) is 14.1. The van der Waals surface area contributed by atoms with Crippen molar-refractivity contribution in [1.82, 2.24) is 15.0 Å². The molecule has 0 amide bonds. The summed E-state index contributed by atoms with van der Waals surface area (Å²) in [5.41, 5.74) is 11.6. The Morgan fingerprint density at radius 2 is 1.74 bits per heavy atom. The maximum absolute atomic E-state index is 7.08. The van der Waals surface area contributed by atoms with Gasteiger partial charge < -0.3 is 5.73 Å². The average molecular weight is 353 g/mol. The van der Waals surface area contributed by atoms with Gasteiger partial charge in [-0.3, -0.25) is 4.98 Å². The van der Waals surface area contributed by atoms with E-state index in [4.69, 9.17) is 12.3 Å². The van der Waals surface area contributed by atoms with E-state index in [9.17, 15) is 0 Å². The molecule has 0 radical (unpaired) electrons. The van der Waals surface area contributed by atoms with Gasteiger partial charge in [-0.2, -0.15) is 0 Å². The molecule has 0 saturated carbocycles. The highest BCUT2D eigenvalue weighted by Crippen LogP contribution is 2.33. The molecule has 27 heavy (non-hydrogen) atoms. The normalized spacial score (nSPS) is 10.2. The summed E-state index contributed by atoms with van der Waals surface area (Å²) < 4.78 is 0. The van der Waals surface area contributed by atoms with Gasteiger partial charge in [-0.25, -0.2) is 14.8 Å². The lowest BCUT2D eigenvalue weighted by molar-refractivity contribution is 1.21. The highest BCUT2D eigenvalue weighted by atomic mass is 14.9. The van der Waals surface area contributed by atoms with E-state index in [1.807, 2.05) is 55.5 Å². The van der Waals surface area contributed by atoms with Crippen LogP contribution in [0, 0.1) is 13.5 Å². The van der Waals surface area contributed by atoms with E-state index >= 15 is 0 Å². The van der Waals surface area contributed by atoms with E-state index in [0.717, 1.165) is 33.2 Å². The number of hydrogen-bond donors (Lipinski definition) is 1. The number of aromatic nitrogens is 3. The number of nitrogen functional groups attached to an aromatic ring is 1. The van der Waals surface area contributed by atoms with Crippen LogP contribution in [0.5, 0.6) is 0 Å². The molecule has 0 unspecified atom stereocenters. The second-order valence-electron chi connectivity index (χ2n) is 5.97. The van der Waals surface area contributed by atoms with Crippen LogP contribution < -0.4 is 5.73 Å². The molecule has 5 heteroatoms. The molecule has 0 spiro atoms. The first-order valence-corrected chi connectivity index (χ1v) is 8.12. The van der Waals surface area contributed by atoms with Crippen molar-refractivity contribution in [3.63, 3.8) is 0 Å². The minimum atomic E-state index is 0. The Morgan fingerprint density at radius 3 is 2.41 bits per heavy atom. The summed E-state index contributed by atoms with van der Waals surface area (Å²) in [5.74, 6) is 1.02. The second-order valence-corrected chi connectivity index (χ2v) is 5.97. The first-order chi connectivity index (χ1) is 12.7. The largest absolute Gasteiger partial charge is 0.383 e. The van der Waals surface area contributed by atoms with Crippen LogP contribution in [0.3, 0.4) is 0 Å². The molecule has 2 N–H and O–H groups in total. The summed E-state index contributed by atoms with van der Waals surface area (Å²) >= 11 is 0. The van der Waals surface area contributed by atoms with Gasteiger partial charge in [0.05, 0.1) is 12.1 Å². The molecule has 2 aromatic carbocycles. The molecule has 5 nitrogen and oxygen atoms in total. The summed E-state index contributed by atoms with van der Waals surface area (Å²) in [4.78, 5) is 16.7. The van der Waals surface area contributed by atoms with Gasteiger partial charge in [-0.15, -0.1) is 0 Å². The topological polar surface area (TPSA) is 69.0 Å². The molecule has 0 aliphatic heterocycles. The Labute approximate surface area is 158 Å². The third-order valence-corrected chi connectivity index (χ3v) is 4.38. The zero-order chi connectivity index (χ0) is 18.1. The Morgan fingerprint density at radius 1 is 0.963 bits per heavy atom. The van der Waals surface area contributed by atoms with Crippen LogP contribution in [-0.2, 0) is 0 Å². The van der Waals surface area contributed by atoms with Gasteiger partial charge >= 0.3 is 0 Å². The smallest absolute Gasteiger partial charge is 0.187 e. The number of fused-ring (bicyclic) bond motifs is 1. The number of pyridine rings is 1. The van der Waals surface area contributed by atoms with Gasteiger partial charge in [0.15, 0.2) is 11.5 Å². The minimum absolute atomic E-state index is 0. The number of anilines is 1. The van der Waals surface area contributed by atoms with Crippen molar-refractivity contribution in [2.75, 3.05) is 5.73 Å². The van der Waals surface area contributed by atoms with Crippen LogP contribution in [0.2, 0.25) is 0 Å². The van der Waals surface area contributed by atoms with Crippen LogP contribution in [-0.4, -0.2) is 15.0 Å². The quantitative estimate of drug-likeness (QED) is 0.487. The fourth-order valence-electron chi connectivity index (χ4n) is 3.08. The van der Waals surface area contributed by atoms with Crippen molar-refractivity contribution in [3.05, 3.63) is 77.9 Å². The summed E-state index contributed by atoms with van der Waals surface area (Å²) in [6.45, 7) is 9.09. The Kier molecular flexibility index (Phi) is 4.82. The van der Waals surface area contributed by atoms with Crippen LogP contribution in [0.4, 0.5) is 11.5 Å². The highest BCUT2D eigenvalue weighted by molar-refractivity contribution is 5.96. The number of nitrogens with two attached hydrogens (primary N) is 1. The maximum atomic E-state index is 7.08. The molecular formula is C22H19N5. The molecule has 2 aromatic heterocycles. The molecule has 0 saturated heterocycles. The standard InChI is InChI=1S/C21H15N5.CH4/c1-13-17(14-5-7-16(23-2)8-6-14)9-10-18-19(13)20(22)26-21(25-18)15-4-3-11-24-12-15;/h3-12H,1H3,(H2,22,25,26);1H4. The van der Waals surface area contributed by atoms with Crippen molar-refractivity contribution in [1.29, 1.82) is 0 Å². The van der Waals surface area contributed by atoms with Crippen molar-refractivity contribution in [2.24, 2.45) is 0 Å². The lowest BCUT2D eigenvalue weighted by Crippen LogP contribution is -2.00. The fraction of sp³-hybridized carbons (Fsp3) is 0.0909. The van der Waals surface area contributed by atoms with Crippen LogP contribution in [0.1, 0.15) is 13.0 Å². The number of rotatable bonds is 2. The molecule has 0 bridgehead atoms. The van der Waals surface area contributed by atoms with Gasteiger partial charge in [0, 0.05) is 23.3 Å². The highest BCUT2D eigenvalue weighted by Gasteiger charge is 2.13. The van der Waals surface area contributed by atoms with Crippen LogP contribution in [0.25, 0.3) is 38.3 Å². The average Bonchev–Trinajstić information content (AvgIpc) is 2.69. The molecule has 0 atom stereocenters. The molecular weight excluding hydrogens is 334 g/mol. The molecule has 2 heterocycles. The monoisotopic (exact) mass is 353 g/mol. The maximum Gasteiger partial charge on any atom is 0.187 e. The van der Waals surface area contributed by atoms with Crippen molar-refractivity contribution in [2.45, 2.75) is 14.4 Å². The van der Waals surface area contributed by atoms with Gasteiger partial charge in [0.2, 0.25) is 0 Å². The van der Waals surface area contributed by atoms with Gasteiger partial charge in [-0.1, -0.05) is 37.8 Å². The van der Waals surface area contributed by atoms with Crippen molar-refractivity contribution >= 4 is 22.4 Å². The number of aryl methyl sites for hydroxylation is 1. The van der Waals surface area contributed by atoms with Crippen LogP contribution in [0.15, 0.2) is 60.9 Å². The lowest BCUT2D eigenvalue weighted by atomic mass is 9.97. The fourth-order valence-corrected chi connectivity index (χ4v) is 3.08. The Hall–Kier alpha value is -3.78. The summed E-state index contributed by atoms with van der Waals surface area (Å²) in [5, 5.41) is 0.851. The molecule has 0 fully saturated rings. The number of nitrogens with zero attached hydrogens (tertiary/aromatic N) is 4. The minimum Gasteiger partial charge on any atom is -0.383 e. The van der Waals surface area contributed by atoms with E-state index in [2.05, 4.69) is 19.8 Å². The van der Waals surface area contributed by atoms with E-state index < -0.39 is 0 Å². The SMILES string of the molecule is C.[C-]#[N+]c1ccc(-c2ccc3nc(-c4cccnc4)nc(N)c3c2C)cc1. The third kappa shape index (κ3) is 3.21. The predicted octanol–water partition coefficient (Wildman–Crippen LogP) is 5.44. The lowest BCUT2D eigenvalue weighted by Gasteiger charge is -2.12. The first-order valence-electron chi connectivity index (χ1n) is 8.12. The molecule has 0 aliphatic carbocycles. The first kappa shape index (κ1) is 18.0. The van der Waals surface area contributed by atoms with Crippen molar-refractivity contribution in [3.8, 4) is 22.5 Å². The van der Waals surface area contributed by atoms with E-state index in [-0.39, 0.29) is 7.43 Å². The van der Waals surface area contributed by atoms with Gasteiger partial charge in [0.25, 0.3) is 0 Å². The van der Waals surface area contributed by atoms with Gasteiger partial charge in [0.1, 0.15) is 5.82 Å². The van der Waals surface area contributed by atoms with Crippen LogP contribution >= 0.6 is 0 Å². The summed E-state index contributed by atoms with van der Waals surface area (Å²) in [7, 11) is 0. The summed E-state index contributed by atoms with van der Waals surface area (Å²) in [6.07, 6.45) is 3.43. The molecule has 0 aliphatic rings.